The summed E-state index contributed by atoms with van der Waals surface area (Å²) in [5, 5.41) is 7.89. The van der Waals surface area contributed by atoms with Gasteiger partial charge in [-0.25, -0.2) is 10.2 Å². The van der Waals surface area contributed by atoms with E-state index in [1.54, 1.807) is 41.5 Å². The molecular weight excluding hydrogens is 630 g/mol. The summed E-state index contributed by atoms with van der Waals surface area (Å²) in [6.45, 7) is 18.6. The molecule has 6 unspecified atom stereocenters. The molecule has 0 aromatic rings. The maximum absolute atomic E-state index is 12.4. The third kappa shape index (κ3) is 30.6. The lowest BCUT2D eigenvalue weighted by atomic mass is 10.2. The Morgan fingerprint density at radius 3 is 1.44 bits per heavy atom. The normalized spacial score (nSPS) is 15.9. The Labute approximate surface area is 269 Å². The second kappa shape index (κ2) is 27.3. The number of hydrogen-bond acceptors (Lipinski definition) is 11. The number of carbonyl (C=O) groups is 4. The van der Waals surface area contributed by atoms with Gasteiger partial charge in [0.15, 0.2) is 0 Å². The summed E-state index contributed by atoms with van der Waals surface area (Å²) in [5.74, 6) is -2.27. The molecule has 17 heteroatoms. The lowest BCUT2D eigenvalue weighted by molar-refractivity contribution is -0.148. The van der Waals surface area contributed by atoms with E-state index in [1.165, 1.54) is 13.3 Å². The van der Waals surface area contributed by atoms with Crippen LogP contribution in [0, 0.1) is 11.8 Å². The summed E-state index contributed by atoms with van der Waals surface area (Å²) in [5.41, 5.74) is 5.24. The molecule has 0 aromatic heterocycles. The predicted molar refractivity (Wildman–Crippen MR) is 175 cm³/mol. The molecule has 268 valence electrons. The summed E-state index contributed by atoms with van der Waals surface area (Å²) < 4.78 is 42.6. The van der Waals surface area contributed by atoms with Crippen LogP contribution < -0.4 is 21.0 Å². The van der Waals surface area contributed by atoms with Gasteiger partial charge >= 0.3 is 23.9 Å². The van der Waals surface area contributed by atoms with E-state index in [2.05, 4.69) is 15.3 Å². The summed E-state index contributed by atoms with van der Waals surface area (Å²) in [7, 11) is -6.20. The molecule has 0 aliphatic carbocycles. The minimum atomic E-state index is -3.24. The molecular formula is C28H60N4O11P2. The van der Waals surface area contributed by atoms with Crippen molar-refractivity contribution in [3.8, 4) is 0 Å². The van der Waals surface area contributed by atoms with Crippen molar-refractivity contribution in [3.05, 3.63) is 0 Å². The van der Waals surface area contributed by atoms with Crippen LogP contribution in [-0.2, 0) is 47.3 Å². The van der Waals surface area contributed by atoms with E-state index in [9.17, 15) is 28.3 Å². The van der Waals surface area contributed by atoms with Crippen LogP contribution in [0.15, 0.2) is 0 Å². The molecule has 0 bridgehead atoms. The van der Waals surface area contributed by atoms with Crippen molar-refractivity contribution in [1.82, 2.24) is 15.3 Å². The molecule has 15 nitrogen and oxygen atoms in total. The standard InChI is InChI=1S/C14H29N2O5P.C7H16NO4P.C7H15NO2/c1-6-8-9-21-14(18)12(4)16-22(5,19)15-10-11(3)13(17)20-7-2;1-4-12-7(9)6(2)5-8-13(3,10)11;1-3-4-5-10-7(9)6(2)8/h11-12H,6-10H2,1-5H3,(H2,15,16,19);6H,4-5H2,1-3H3,(H2,8,10,11);6H,3-5,8H2,1-2H3. The summed E-state index contributed by atoms with van der Waals surface area (Å²) in [6.07, 6.45) is 3.69. The van der Waals surface area contributed by atoms with Crippen LogP contribution in [-0.4, -0.2) is 93.7 Å². The quantitative estimate of drug-likeness (QED) is 0.0536. The van der Waals surface area contributed by atoms with Crippen molar-refractivity contribution in [2.45, 2.75) is 93.2 Å². The van der Waals surface area contributed by atoms with Gasteiger partial charge in [0.25, 0.3) is 7.52 Å². The van der Waals surface area contributed by atoms with Crippen LogP contribution in [0.3, 0.4) is 0 Å². The smallest absolute Gasteiger partial charge is 0.323 e. The maximum Gasteiger partial charge on any atom is 0.323 e. The molecule has 6 N–H and O–H groups in total. The third-order valence-corrected chi connectivity index (χ3v) is 7.85. The van der Waals surface area contributed by atoms with Gasteiger partial charge in [-0.1, -0.05) is 40.5 Å². The second-order valence-electron chi connectivity index (χ2n) is 10.5. The number of nitrogens with two attached hydrogens (primary N) is 1. The Balaban J connectivity index is -0.000000649. The van der Waals surface area contributed by atoms with E-state index in [-0.39, 0.29) is 31.0 Å². The molecule has 0 spiro atoms. The van der Waals surface area contributed by atoms with Gasteiger partial charge in [0.1, 0.15) is 12.1 Å². The second-order valence-corrected chi connectivity index (χ2v) is 15.0. The fraction of sp³-hybridized carbons (Fsp3) is 0.857. The fourth-order valence-corrected chi connectivity index (χ4v) is 4.88. The monoisotopic (exact) mass is 690 g/mol. The van der Waals surface area contributed by atoms with Crippen LogP contribution in [0.1, 0.15) is 81.1 Å². The highest BCUT2D eigenvalue weighted by atomic mass is 31.2. The minimum Gasteiger partial charge on any atom is -0.466 e. The highest BCUT2D eigenvalue weighted by Gasteiger charge is 2.25. The zero-order valence-electron chi connectivity index (χ0n) is 28.9. The first kappa shape index (κ1) is 47.5. The van der Waals surface area contributed by atoms with Gasteiger partial charge in [-0.15, -0.1) is 0 Å². The van der Waals surface area contributed by atoms with E-state index in [0.29, 0.717) is 26.4 Å². The molecule has 0 aliphatic heterocycles. The van der Waals surface area contributed by atoms with Crippen LogP contribution in [0.4, 0.5) is 0 Å². The van der Waals surface area contributed by atoms with Crippen molar-refractivity contribution >= 4 is 38.8 Å². The molecule has 6 atom stereocenters. The number of nitrogens with one attached hydrogen (secondary N) is 3. The Bertz CT molecular complexity index is 932. The average molecular weight is 691 g/mol. The molecule has 0 radical (unpaired) electrons. The Hall–Kier alpha value is -1.86. The van der Waals surface area contributed by atoms with Gasteiger partial charge < -0.3 is 29.6 Å². The molecule has 0 amide bonds. The van der Waals surface area contributed by atoms with Gasteiger partial charge in [0.2, 0.25) is 7.44 Å². The predicted octanol–water partition coefficient (Wildman–Crippen LogP) is 3.19. The summed E-state index contributed by atoms with van der Waals surface area (Å²) in [6, 6.07) is -1.17. The lowest BCUT2D eigenvalue weighted by Crippen LogP contribution is -2.38. The molecule has 0 aliphatic rings. The molecule has 0 fully saturated rings. The van der Waals surface area contributed by atoms with E-state index in [1.807, 2.05) is 13.8 Å². The zero-order chi connectivity index (χ0) is 35.6. The van der Waals surface area contributed by atoms with Crippen LogP contribution in [0.5, 0.6) is 0 Å². The van der Waals surface area contributed by atoms with E-state index < -0.39 is 44.9 Å². The molecule has 0 heterocycles. The molecule has 0 aromatic carbocycles. The Morgan fingerprint density at radius 1 is 0.689 bits per heavy atom. The average Bonchev–Trinajstić information content (AvgIpc) is 2.95. The van der Waals surface area contributed by atoms with Crippen LogP contribution in [0.2, 0.25) is 0 Å². The van der Waals surface area contributed by atoms with Crippen molar-refractivity contribution < 1.29 is 52.1 Å². The molecule has 0 saturated carbocycles. The number of esters is 4. The van der Waals surface area contributed by atoms with Crippen molar-refractivity contribution in [3.63, 3.8) is 0 Å². The van der Waals surface area contributed by atoms with Gasteiger partial charge in [-0.2, -0.15) is 0 Å². The number of rotatable bonds is 20. The van der Waals surface area contributed by atoms with Gasteiger partial charge in [0, 0.05) is 26.4 Å². The first-order chi connectivity index (χ1) is 20.8. The van der Waals surface area contributed by atoms with Crippen molar-refractivity contribution in [2.75, 3.05) is 52.8 Å². The Kier molecular flexibility index (Phi) is 28.8. The third-order valence-electron chi connectivity index (χ3n) is 5.42. The van der Waals surface area contributed by atoms with Gasteiger partial charge in [0.05, 0.1) is 38.3 Å². The lowest BCUT2D eigenvalue weighted by Gasteiger charge is -2.21. The zero-order valence-corrected chi connectivity index (χ0v) is 30.7. The maximum atomic E-state index is 12.4. The largest absolute Gasteiger partial charge is 0.466 e. The van der Waals surface area contributed by atoms with Crippen molar-refractivity contribution in [2.24, 2.45) is 17.6 Å². The first-order valence-electron chi connectivity index (χ1n) is 15.4. The van der Waals surface area contributed by atoms with E-state index in [4.69, 9.17) is 29.6 Å². The van der Waals surface area contributed by atoms with E-state index >= 15 is 0 Å². The summed E-state index contributed by atoms with van der Waals surface area (Å²) >= 11 is 0. The number of hydrogen-bond donors (Lipinski definition) is 5. The number of ether oxygens (including phenoxy) is 4. The minimum absolute atomic E-state index is 0.156. The number of carbonyl (C=O) groups excluding carboxylic acids is 4. The Morgan fingerprint density at radius 2 is 1.09 bits per heavy atom. The van der Waals surface area contributed by atoms with E-state index in [0.717, 1.165) is 25.7 Å². The molecule has 0 rings (SSSR count). The van der Waals surface area contributed by atoms with Crippen LogP contribution in [0.25, 0.3) is 0 Å². The summed E-state index contributed by atoms with van der Waals surface area (Å²) in [4.78, 5) is 53.8. The molecule has 45 heavy (non-hydrogen) atoms. The van der Waals surface area contributed by atoms with Crippen LogP contribution >= 0.6 is 15.0 Å². The highest BCUT2D eigenvalue weighted by molar-refractivity contribution is 7.59. The SMILES string of the molecule is CCCCOC(=O)C(C)N.CCCCOC(=O)C(C)NP(C)(=O)NCC(C)C(=O)OCC.CCOC(=O)C(C)CNP(C)(=O)O. The first-order valence-corrected chi connectivity index (χ1v) is 19.6. The van der Waals surface area contributed by atoms with Gasteiger partial charge in [-0.05, 0) is 40.5 Å². The number of unbranched alkanes of at least 4 members (excludes halogenated alkanes) is 2. The van der Waals surface area contributed by atoms with Crippen molar-refractivity contribution in [1.29, 1.82) is 0 Å². The highest BCUT2D eigenvalue weighted by Crippen LogP contribution is 2.31. The fourth-order valence-electron chi connectivity index (χ4n) is 2.71. The topological polar surface area (TPSA) is 222 Å². The van der Waals surface area contributed by atoms with Gasteiger partial charge in [-0.3, -0.25) is 33.4 Å². The molecule has 0 saturated heterocycles.